The molecule has 0 unspecified atom stereocenters. The Morgan fingerprint density at radius 3 is 2.69 bits per heavy atom. The van der Waals surface area contributed by atoms with E-state index >= 15 is 0 Å². The smallest absolute Gasteiger partial charge is 0.321 e. The van der Waals surface area contributed by atoms with Gasteiger partial charge in [0.2, 0.25) is 11.8 Å². The summed E-state index contributed by atoms with van der Waals surface area (Å²) in [6, 6.07) is 1.66. The summed E-state index contributed by atoms with van der Waals surface area (Å²) in [7, 11) is 3.07. The standard InChI is InChI=1S/C20H27N7O4S/c1-30-16-11-15(23-19(24-16)31-2)27-10-6-13-14(12-27)32-20(22-13)25-18(29)21-7-5-17(28)26-8-3-4-9-26/h11H,3-10,12H2,1-2H3,(H2,21,22,25,29). The van der Waals surface area contributed by atoms with E-state index in [1.54, 1.807) is 13.2 Å². The van der Waals surface area contributed by atoms with Crippen molar-refractivity contribution in [2.45, 2.75) is 32.2 Å². The molecule has 2 aliphatic rings. The third kappa shape index (κ3) is 5.18. The van der Waals surface area contributed by atoms with E-state index in [9.17, 15) is 9.59 Å². The summed E-state index contributed by atoms with van der Waals surface area (Å²) >= 11 is 1.44. The van der Waals surface area contributed by atoms with Crippen molar-refractivity contribution in [3.8, 4) is 11.9 Å². The van der Waals surface area contributed by atoms with E-state index in [-0.39, 0.29) is 17.9 Å². The third-order valence-corrected chi connectivity index (χ3v) is 6.42. The molecule has 0 radical (unpaired) electrons. The monoisotopic (exact) mass is 461 g/mol. The highest BCUT2D eigenvalue weighted by atomic mass is 32.1. The average Bonchev–Trinajstić information content (AvgIpc) is 3.47. The number of likely N-dealkylation sites (tertiary alicyclic amines) is 1. The van der Waals surface area contributed by atoms with Gasteiger partial charge in [-0.3, -0.25) is 10.1 Å². The molecule has 0 atom stereocenters. The van der Waals surface area contributed by atoms with E-state index in [2.05, 4.69) is 30.5 Å². The van der Waals surface area contributed by atoms with Crippen LogP contribution in [0.2, 0.25) is 0 Å². The quantitative estimate of drug-likeness (QED) is 0.638. The van der Waals surface area contributed by atoms with E-state index in [1.165, 1.54) is 18.4 Å². The van der Waals surface area contributed by atoms with Crippen LogP contribution in [-0.4, -0.2) is 72.2 Å². The van der Waals surface area contributed by atoms with Gasteiger partial charge < -0.3 is 24.6 Å². The van der Waals surface area contributed by atoms with Crippen molar-refractivity contribution in [1.29, 1.82) is 0 Å². The summed E-state index contributed by atoms with van der Waals surface area (Å²) in [4.78, 5) is 42.4. The Labute approximate surface area is 190 Å². The first-order chi connectivity index (χ1) is 15.6. The van der Waals surface area contributed by atoms with Gasteiger partial charge in [0.25, 0.3) is 0 Å². The van der Waals surface area contributed by atoms with E-state index in [0.717, 1.165) is 49.5 Å². The fourth-order valence-corrected chi connectivity index (χ4v) is 4.76. The molecule has 11 nitrogen and oxygen atoms in total. The molecule has 3 amide bonds. The number of carbonyl (C=O) groups is 2. The van der Waals surface area contributed by atoms with Gasteiger partial charge in [-0.15, -0.1) is 0 Å². The van der Waals surface area contributed by atoms with E-state index in [4.69, 9.17) is 9.47 Å². The van der Waals surface area contributed by atoms with Crippen molar-refractivity contribution >= 4 is 34.2 Å². The number of carbonyl (C=O) groups excluding carboxylic acids is 2. The van der Waals surface area contributed by atoms with Gasteiger partial charge in [-0.1, -0.05) is 11.3 Å². The van der Waals surface area contributed by atoms with Crippen LogP contribution in [0.3, 0.4) is 0 Å². The lowest BCUT2D eigenvalue weighted by Gasteiger charge is -2.27. The van der Waals surface area contributed by atoms with Gasteiger partial charge in [0.1, 0.15) is 5.82 Å². The lowest BCUT2D eigenvalue weighted by molar-refractivity contribution is -0.129. The first kappa shape index (κ1) is 22.1. The van der Waals surface area contributed by atoms with Crippen molar-refractivity contribution in [3.05, 3.63) is 16.6 Å². The molecule has 0 spiro atoms. The first-order valence-corrected chi connectivity index (χ1v) is 11.4. The van der Waals surface area contributed by atoms with Gasteiger partial charge in [0.05, 0.1) is 26.5 Å². The predicted molar refractivity (Wildman–Crippen MR) is 119 cm³/mol. The molecule has 32 heavy (non-hydrogen) atoms. The number of urea groups is 1. The second kappa shape index (κ2) is 9.98. The zero-order valence-corrected chi connectivity index (χ0v) is 19.0. The zero-order chi connectivity index (χ0) is 22.5. The Kier molecular flexibility index (Phi) is 6.88. The Morgan fingerprint density at radius 2 is 1.94 bits per heavy atom. The van der Waals surface area contributed by atoms with Crippen LogP contribution in [-0.2, 0) is 17.8 Å². The number of amides is 3. The Bertz CT molecular complexity index is 955. The molecule has 2 aromatic rings. The van der Waals surface area contributed by atoms with Crippen LogP contribution < -0.4 is 25.0 Å². The minimum absolute atomic E-state index is 0.0885. The minimum atomic E-state index is -0.354. The van der Waals surface area contributed by atoms with Crippen molar-refractivity contribution in [2.75, 3.05) is 50.6 Å². The second-order valence-corrected chi connectivity index (χ2v) is 8.62. The number of ether oxygens (including phenoxy) is 2. The van der Waals surface area contributed by atoms with Crippen LogP contribution in [0.15, 0.2) is 6.07 Å². The van der Waals surface area contributed by atoms with Crippen molar-refractivity contribution in [2.24, 2.45) is 0 Å². The van der Waals surface area contributed by atoms with Crippen LogP contribution in [0.4, 0.5) is 15.7 Å². The molecule has 0 aromatic carbocycles. The fraction of sp³-hybridized carbons (Fsp3) is 0.550. The van der Waals surface area contributed by atoms with Crippen LogP contribution >= 0.6 is 11.3 Å². The van der Waals surface area contributed by atoms with Gasteiger partial charge in [-0.2, -0.15) is 9.97 Å². The number of aromatic nitrogens is 3. The number of fused-ring (bicyclic) bond motifs is 1. The van der Waals surface area contributed by atoms with Crippen molar-refractivity contribution < 1.29 is 19.1 Å². The van der Waals surface area contributed by atoms with Crippen LogP contribution in [0.5, 0.6) is 11.9 Å². The summed E-state index contributed by atoms with van der Waals surface area (Å²) in [5, 5.41) is 6.06. The molecule has 2 aliphatic heterocycles. The maximum atomic E-state index is 12.2. The number of thiazole rings is 1. The highest BCUT2D eigenvalue weighted by Crippen LogP contribution is 2.31. The van der Waals surface area contributed by atoms with Gasteiger partial charge in [0, 0.05) is 50.0 Å². The summed E-state index contributed by atoms with van der Waals surface area (Å²) < 4.78 is 10.4. The Balaban J connectivity index is 1.31. The largest absolute Gasteiger partial charge is 0.481 e. The zero-order valence-electron chi connectivity index (χ0n) is 18.2. The molecule has 0 bridgehead atoms. The van der Waals surface area contributed by atoms with Gasteiger partial charge in [0.15, 0.2) is 5.13 Å². The fourth-order valence-electron chi connectivity index (χ4n) is 3.74. The maximum absolute atomic E-state index is 12.2. The van der Waals surface area contributed by atoms with E-state index in [1.807, 2.05) is 4.90 Å². The molecule has 0 saturated carbocycles. The first-order valence-electron chi connectivity index (χ1n) is 10.6. The normalized spacial score (nSPS) is 15.3. The molecule has 2 aromatic heterocycles. The molecule has 4 rings (SSSR count). The van der Waals surface area contributed by atoms with Crippen LogP contribution in [0, 0.1) is 0 Å². The molecule has 172 valence electrons. The highest BCUT2D eigenvalue weighted by molar-refractivity contribution is 7.15. The van der Waals surface area contributed by atoms with Crippen LogP contribution in [0.1, 0.15) is 29.8 Å². The molecule has 12 heteroatoms. The lowest BCUT2D eigenvalue weighted by Crippen LogP contribution is -2.34. The Morgan fingerprint density at radius 1 is 1.12 bits per heavy atom. The minimum Gasteiger partial charge on any atom is -0.481 e. The maximum Gasteiger partial charge on any atom is 0.321 e. The van der Waals surface area contributed by atoms with Crippen molar-refractivity contribution in [3.63, 3.8) is 0 Å². The average molecular weight is 462 g/mol. The Hall–Kier alpha value is -3.15. The number of anilines is 2. The number of hydrogen-bond donors (Lipinski definition) is 2. The molecular weight excluding hydrogens is 434 g/mol. The topological polar surface area (TPSA) is 122 Å². The highest BCUT2D eigenvalue weighted by Gasteiger charge is 2.24. The molecule has 2 N–H and O–H groups in total. The third-order valence-electron chi connectivity index (χ3n) is 5.42. The number of nitrogens with one attached hydrogen (secondary N) is 2. The van der Waals surface area contributed by atoms with E-state index in [0.29, 0.717) is 36.3 Å². The molecule has 4 heterocycles. The molecule has 1 fully saturated rings. The van der Waals surface area contributed by atoms with Gasteiger partial charge in [-0.25, -0.2) is 9.78 Å². The van der Waals surface area contributed by atoms with E-state index < -0.39 is 0 Å². The lowest BCUT2D eigenvalue weighted by atomic mass is 10.2. The summed E-state index contributed by atoms with van der Waals surface area (Å²) in [6.45, 7) is 3.29. The van der Waals surface area contributed by atoms with Crippen molar-refractivity contribution in [1.82, 2.24) is 25.2 Å². The number of methoxy groups -OCH3 is 2. The summed E-state index contributed by atoms with van der Waals surface area (Å²) in [5.74, 6) is 1.23. The molecular formula is C20H27N7O4S. The molecule has 1 saturated heterocycles. The van der Waals surface area contributed by atoms with Gasteiger partial charge in [-0.05, 0) is 12.8 Å². The second-order valence-electron chi connectivity index (χ2n) is 7.53. The summed E-state index contributed by atoms with van der Waals surface area (Å²) in [5.41, 5.74) is 0.971. The number of hydrogen-bond acceptors (Lipinski definition) is 9. The molecule has 0 aliphatic carbocycles. The SMILES string of the molecule is COc1cc(N2CCc3nc(NC(=O)NCCC(=O)N4CCCC4)sc3C2)nc(OC)n1. The number of rotatable bonds is 7. The van der Waals surface area contributed by atoms with Gasteiger partial charge >= 0.3 is 12.0 Å². The predicted octanol–water partition coefficient (Wildman–Crippen LogP) is 1.65. The summed E-state index contributed by atoms with van der Waals surface area (Å²) in [6.07, 6.45) is 3.16. The van der Waals surface area contributed by atoms with Crippen LogP contribution in [0.25, 0.3) is 0 Å². The number of nitrogens with zero attached hydrogens (tertiary/aromatic N) is 5.